The Balaban J connectivity index is 2.17. The van der Waals surface area contributed by atoms with Gasteiger partial charge in [-0.2, -0.15) is 0 Å². The summed E-state index contributed by atoms with van der Waals surface area (Å²) in [5.74, 6) is 4.44. The van der Waals surface area contributed by atoms with E-state index < -0.39 is 26.9 Å². The highest BCUT2D eigenvalue weighted by Crippen LogP contribution is 2.35. The molecule has 1 saturated heterocycles. The van der Waals surface area contributed by atoms with Crippen molar-refractivity contribution in [1.82, 2.24) is 15.3 Å². The molecular weight excluding hydrogens is 432 g/mol. The van der Waals surface area contributed by atoms with Gasteiger partial charge >= 0.3 is 6.03 Å². The molecule has 9 nitrogen and oxygen atoms in total. The maximum absolute atomic E-state index is 13.1. The van der Waals surface area contributed by atoms with E-state index in [4.69, 9.17) is 0 Å². The second-order valence-corrected chi connectivity index (χ2v) is 9.72. The number of hydrogen-bond donors (Lipinski definition) is 3. The van der Waals surface area contributed by atoms with Gasteiger partial charge in [0, 0.05) is 31.9 Å². The fourth-order valence-corrected chi connectivity index (χ4v) is 5.70. The number of hydrogen-bond acceptors (Lipinski definition) is 6. The normalized spacial score (nSPS) is 15.3. The van der Waals surface area contributed by atoms with Crippen LogP contribution in [0.4, 0.5) is 10.5 Å². The summed E-state index contributed by atoms with van der Waals surface area (Å²) in [5, 5.41) is 12.4. The molecule has 32 heavy (non-hydrogen) atoms. The number of carbonyl (C=O) groups is 2. The molecule has 0 aliphatic carbocycles. The highest BCUT2D eigenvalue weighted by atomic mass is 32.2. The molecule has 0 bridgehead atoms. The van der Waals surface area contributed by atoms with Crippen LogP contribution in [0.3, 0.4) is 0 Å². The number of carbonyl (C=O) groups excluding carboxylic acids is 2. The minimum Gasteiger partial charge on any atom is -0.374 e. The van der Waals surface area contributed by atoms with Crippen LogP contribution in [-0.4, -0.2) is 73.8 Å². The molecule has 1 aromatic carbocycles. The Labute approximate surface area is 190 Å². The molecule has 0 spiro atoms. The molecule has 0 unspecified atom stereocenters. The van der Waals surface area contributed by atoms with Gasteiger partial charge in [-0.25, -0.2) is 18.7 Å². The molecule has 0 saturated carbocycles. The Morgan fingerprint density at radius 3 is 2.25 bits per heavy atom. The van der Waals surface area contributed by atoms with E-state index in [0.717, 1.165) is 5.69 Å². The first-order valence-corrected chi connectivity index (χ1v) is 12.3. The van der Waals surface area contributed by atoms with Crippen molar-refractivity contribution in [2.45, 2.75) is 38.5 Å². The minimum absolute atomic E-state index is 0.0939. The van der Waals surface area contributed by atoms with Crippen LogP contribution < -0.4 is 10.8 Å². The van der Waals surface area contributed by atoms with Crippen LogP contribution in [-0.2, 0) is 14.6 Å². The van der Waals surface area contributed by atoms with Crippen LogP contribution in [0.25, 0.3) is 0 Å². The van der Waals surface area contributed by atoms with Gasteiger partial charge in [-0.05, 0) is 57.9 Å². The quantitative estimate of drug-likeness (QED) is 0.307. The number of urea groups is 1. The summed E-state index contributed by atoms with van der Waals surface area (Å²) in [6, 6.07) is 6.14. The van der Waals surface area contributed by atoms with Crippen LogP contribution in [0.2, 0.25) is 0 Å². The molecule has 1 heterocycles. The minimum atomic E-state index is -3.82. The zero-order valence-corrected chi connectivity index (χ0v) is 19.7. The second-order valence-electron chi connectivity index (χ2n) is 7.73. The molecule has 1 aliphatic heterocycles. The second kappa shape index (κ2) is 11.2. The molecule has 0 radical (unpaired) electrons. The molecule has 3 N–H and O–H groups in total. The first kappa shape index (κ1) is 25.5. The summed E-state index contributed by atoms with van der Waals surface area (Å²) in [7, 11) is -3.82. The summed E-state index contributed by atoms with van der Waals surface area (Å²) in [6.07, 6.45) is 0.280. The van der Waals surface area contributed by atoms with Gasteiger partial charge in [-0.3, -0.25) is 10.0 Å². The van der Waals surface area contributed by atoms with Gasteiger partial charge in [0.2, 0.25) is 0 Å². The summed E-state index contributed by atoms with van der Waals surface area (Å²) in [6.45, 7) is 7.57. The highest BCUT2D eigenvalue weighted by molar-refractivity contribution is 7.91. The molecule has 1 aliphatic rings. The van der Waals surface area contributed by atoms with Crippen LogP contribution in [0.1, 0.15) is 33.6 Å². The van der Waals surface area contributed by atoms with Gasteiger partial charge in [0.25, 0.3) is 5.91 Å². The lowest BCUT2D eigenvalue weighted by Crippen LogP contribution is -2.54. The summed E-state index contributed by atoms with van der Waals surface area (Å²) in [5.41, 5.74) is 1.05. The number of sulfone groups is 1. The van der Waals surface area contributed by atoms with E-state index in [2.05, 4.69) is 17.2 Å². The van der Waals surface area contributed by atoms with Gasteiger partial charge in [-0.15, -0.1) is 5.92 Å². The predicted molar refractivity (Wildman–Crippen MR) is 122 cm³/mol. The van der Waals surface area contributed by atoms with Gasteiger partial charge in [-0.1, -0.05) is 5.92 Å². The average molecular weight is 465 g/mol. The number of nitrogens with one attached hydrogen (secondary N) is 2. The molecule has 10 heteroatoms. The molecule has 176 valence electrons. The highest BCUT2D eigenvalue weighted by Gasteiger charge is 2.46. The van der Waals surface area contributed by atoms with E-state index >= 15 is 0 Å². The fraction of sp³-hybridized carbons (Fsp3) is 0.545. The van der Waals surface area contributed by atoms with Crippen molar-refractivity contribution < 1.29 is 23.2 Å². The van der Waals surface area contributed by atoms with Crippen LogP contribution in [0.5, 0.6) is 0 Å². The molecule has 1 aromatic rings. The number of benzene rings is 1. The molecule has 0 aromatic heterocycles. The topological polar surface area (TPSA) is 119 Å². The SMILES string of the molecule is CC#CCNc1ccc(S(=O)(=O)CC2(C(=O)NO)CCN(C(=O)N(CC)CC)CC2)cc1. The van der Waals surface area contributed by atoms with Crippen LogP contribution >= 0.6 is 0 Å². The van der Waals surface area contributed by atoms with Gasteiger partial charge < -0.3 is 15.1 Å². The van der Waals surface area contributed by atoms with Crippen molar-refractivity contribution in [1.29, 1.82) is 0 Å². The Hall–Kier alpha value is -2.77. The van der Waals surface area contributed by atoms with E-state index in [1.807, 2.05) is 13.8 Å². The predicted octanol–water partition coefficient (Wildman–Crippen LogP) is 1.94. The number of rotatable bonds is 8. The largest absolute Gasteiger partial charge is 0.374 e. The van der Waals surface area contributed by atoms with Crippen LogP contribution in [0, 0.1) is 17.3 Å². The van der Waals surface area contributed by atoms with Crippen molar-refractivity contribution in [3.8, 4) is 11.8 Å². The maximum Gasteiger partial charge on any atom is 0.319 e. The third-order valence-electron chi connectivity index (χ3n) is 5.85. The average Bonchev–Trinajstić information content (AvgIpc) is 2.80. The lowest BCUT2D eigenvalue weighted by atomic mass is 9.79. The van der Waals surface area contributed by atoms with Gasteiger partial charge in [0.05, 0.1) is 22.6 Å². The Bertz CT molecular complexity index is 954. The number of nitrogens with zero attached hydrogens (tertiary/aromatic N) is 2. The van der Waals surface area contributed by atoms with E-state index in [1.165, 1.54) is 12.1 Å². The number of anilines is 1. The standard InChI is InChI=1S/C22H32N4O5S/c1-4-7-14-23-18-8-10-19(11-9-18)32(30,31)17-22(20(27)24-29)12-15-26(16-13-22)21(28)25(5-2)6-3/h8-11,23,29H,5-6,12-17H2,1-3H3,(H,24,27). The van der Waals surface area contributed by atoms with Crippen molar-refractivity contribution in [2.75, 3.05) is 43.8 Å². The Kier molecular flexibility index (Phi) is 8.92. The van der Waals surface area contributed by atoms with E-state index in [-0.39, 0.29) is 36.9 Å². The lowest BCUT2D eigenvalue weighted by Gasteiger charge is -2.41. The summed E-state index contributed by atoms with van der Waals surface area (Å²) in [4.78, 5) is 28.6. The van der Waals surface area contributed by atoms with Crippen LogP contribution in [0.15, 0.2) is 29.2 Å². The third-order valence-corrected chi connectivity index (χ3v) is 7.77. The molecule has 1 fully saturated rings. The first-order chi connectivity index (χ1) is 15.2. The zero-order valence-electron chi connectivity index (χ0n) is 18.8. The molecule has 3 amide bonds. The summed E-state index contributed by atoms with van der Waals surface area (Å²) < 4.78 is 26.2. The lowest BCUT2D eigenvalue weighted by molar-refractivity contribution is -0.141. The van der Waals surface area contributed by atoms with Crippen molar-refractivity contribution in [3.63, 3.8) is 0 Å². The van der Waals surface area contributed by atoms with E-state index in [0.29, 0.717) is 19.6 Å². The van der Waals surface area contributed by atoms with Crippen molar-refractivity contribution in [3.05, 3.63) is 24.3 Å². The Morgan fingerprint density at radius 2 is 1.75 bits per heavy atom. The molecule has 0 atom stereocenters. The van der Waals surface area contributed by atoms with Crippen molar-refractivity contribution in [2.24, 2.45) is 5.41 Å². The number of hydroxylamine groups is 1. The van der Waals surface area contributed by atoms with E-state index in [1.54, 1.807) is 34.3 Å². The zero-order chi connectivity index (χ0) is 23.8. The van der Waals surface area contributed by atoms with E-state index in [9.17, 15) is 23.2 Å². The maximum atomic E-state index is 13.1. The third kappa shape index (κ3) is 5.93. The Morgan fingerprint density at radius 1 is 1.16 bits per heavy atom. The van der Waals surface area contributed by atoms with Gasteiger partial charge in [0.1, 0.15) is 0 Å². The first-order valence-electron chi connectivity index (χ1n) is 10.7. The number of piperidine rings is 1. The number of amides is 3. The molecule has 2 rings (SSSR count). The van der Waals surface area contributed by atoms with Crippen molar-refractivity contribution >= 4 is 27.5 Å². The fourth-order valence-electron chi connectivity index (χ4n) is 3.84. The summed E-state index contributed by atoms with van der Waals surface area (Å²) >= 11 is 0. The monoisotopic (exact) mass is 464 g/mol. The number of likely N-dealkylation sites (tertiary alicyclic amines) is 1. The smallest absolute Gasteiger partial charge is 0.319 e. The van der Waals surface area contributed by atoms with Gasteiger partial charge in [0.15, 0.2) is 9.84 Å². The molecular formula is C22H32N4O5S.